The largest absolute Gasteiger partial charge is 0.457 e. The van der Waals surface area contributed by atoms with Crippen molar-refractivity contribution in [3.8, 4) is 28.5 Å². The van der Waals surface area contributed by atoms with Gasteiger partial charge in [0.2, 0.25) is 4.96 Å². The molecule has 0 amide bonds. The van der Waals surface area contributed by atoms with Gasteiger partial charge in [0.05, 0.1) is 5.56 Å². The summed E-state index contributed by atoms with van der Waals surface area (Å²) in [4.78, 5) is 29.0. The summed E-state index contributed by atoms with van der Waals surface area (Å²) in [5.74, 6) is 0.860. The number of halogens is 1. The molecule has 0 aliphatic heterocycles. The van der Waals surface area contributed by atoms with E-state index in [0.717, 1.165) is 16.9 Å². The number of carbonyl (C=O) groups excluding carboxylic acids is 1. The fraction of sp³-hybridized carbons (Fsp3) is 0.0435. The summed E-state index contributed by atoms with van der Waals surface area (Å²) in [6, 6.07) is 16.3. The lowest BCUT2D eigenvalue weighted by molar-refractivity contribution is -0.131. The zero-order valence-corrected chi connectivity index (χ0v) is 17.4. The van der Waals surface area contributed by atoms with E-state index in [2.05, 4.69) is 10.1 Å². The van der Waals surface area contributed by atoms with Crippen molar-refractivity contribution in [2.75, 3.05) is 0 Å². The molecule has 0 saturated carbocycles. The number of ether oxygens (including phenoxy) is 1. The molecule has 3 heterocycles. The number of hydrogen-bond donors (Lipinski definition) is 0. The number of thiazole rings is 1. The molecule has 5 aromatic rings. The molecule has 0 saturated heterocycles. The van der Waals surface area contributed by atoms with Crippen molar-refractivity contribution >= 4 is 28.3 Å². The lowest BCUT2D eigenvalue weighted by Crippen LogP contribution is -2.23. The molecule has 0 N–H and O–H groups in total. The molecule has 0 aliphatic rings. The van der Waals surface area contributed by atoms with Gasteiger partial charge < -0.3 is 9.15 Å². The molecule has 158 valence electrons. The first-order chi connectivity index (χ1) is 15.5. The van der Waals surface area contributed by atoms with Crippen LogP contribution >= 0.6 is 11.3 Å². The minimum atomic E-state index is -0.460. The van der Waals surface area contributed by atoms with Crippen LogP contribution in [0, 0.1) is 5.82 Å². The van der Waals surface area contributed by atoms with Gasteiger partial charge in [0.1, 0.15) is 27.6 Å². The Morgan fingerprint density at radius 1 is 1.12 bits per heavy atom. The summed E-state index contributed by atoms with van der Waals surface area (Å²) in [5, 5.41) is 4.30. The Bertz CT molecular complexity index is 1570. The van der Waals surface area contributed by atoms with Crippen LogP contribution in [0.5, 0.6) is 5.75 Å². The molecule has 0 unspecified atom stereocenters. The number of aromatic nitrogens is 3. The Balaban J connectivity index is 1.50. The number of furan rings is 1. The number of rotatable bonds is 4. The van der Waals surface area contributed by atoms with E-state index in [1.807, 2.05) is 0 Å². The fourth-order valence-corrected chi connectivity index (χ4v) is 4.06. The van der Waals surface area contributed by atoms with Crippen LogP contribution in [-0.2, 0) is 4.79 Å². The molecule has 0 fully saturated rings. The van der Waals surface area contributed by atoms with Gasteiger partial charge in [0.25, 0.3) is 5.56 Å². The lowest BCUT2D eigenvalue weighted by Gasteiger charge is -2.04. The van der Waals surface area contributed by atoms with E-state index < -0.39 is 5.97 Å². The average molecular weight is 447 g/mol. The van der Waals surface area contributed by atoms with Gasteiger partial charge in [-0.2, -0.15) is 9.50 Å². The van der Waals surface area contributed by atoms with Crippen LogP contribution in [0.1, 0.15) is 12.7 Å². The van der Waals surface area contributed by atoms with Crippen molar-refractivity contribution in [3.63, 3.8) is 0 Å². The second-order valence-electron chi connectivity index (χ2n) is 6.84. The van der Waals surface area contributed by atoms with E-state index >= 15 is 0 Å². The Kier molecular flexibility index (Phi) is 4.87. The number of nitrogens with zero attached hydrogens (tertiary/aromatic N) is 3. The third-order valence-corrected chi connectivity index (χ3v) is 5.55. The van der Waals surface area contributed by atoms with Gasteiger partial charge in [-0.1, -0.05) is 23.5 Å². The highest BCUT2D eigenvalue weighted by Gasteiger charge is 2.16. The van der Waals surface area contributed by atoms with E-state index in [1.54, 1.807) is 54.6 Å². The van der Waals surface area contributed by atoms with Gasteiger partial charge >= 0.3 is 5.97 Å². The highest BCUT2D eigenvalue weighted by Crippen LogP contribution is 2.28. The smallest absolute Gasteiger partial charge is 0.308 e. The van der Waals surface area contributed by atoms with Crippen LogP contribution in [0.15, 0.2) is 69.9 Å². The molecule has 32 heavy (non-hydrogen) atoms. The summed E-state index contributed by atoms with van der Waals surface area (Å²) in [7, 11) is 0. The predicted octanol–water partition coefficient (Wildman–Crippen LogP) is 3.69. The number of hydrogen-bond acceptors (Lipinski definition) is 7. The average Bonchev–Trinajstić information content (AvgIpc) is 3.46. The summed E-state index contributed by atoms with van der Waals surface area (Å²) < 4.78 is 25.7. The lowest BCUT2D eigenvalue weighted by atomic mass is 10.2. The zero-order chi connectivity index (χ0) is 22.2. The van der Waals surface area contributed by atoms with Crippen LogP contribution in [0.25, 0.3) is 33.7 Å². The van der Waals surface area contributed by atoms with E-state index in [1.165, 1.54) is 23.6 Å². The van der Waals surface area contributed by atoms with Crippen molar-refractivity contribution in [1.82, 2.24) is 14.6 Å². The van der Waals surface area contributed by atoms with Crippen molar-refractivity contribution in [1.29, 1.82) is 0 Å². The molecule has 0 spiro atoms. The molecule has 0 bridgehead atoms. The summed E-state index contributed by atoms with van der Waals surface area (Å²) in [5.41, 5.74) is 0.902. The summed E-state index contributed by atoms with van der Waals surface area (Å²) >= 11 is 1.16. The molecular formula is C23H14FN3O4S. The van der Waals surface area contributed by atoms with Gasteiger partial charge in [-0.05, 0) is 48.5 Å². The highest BCUT2D eigenvalue weighted by atomic mass is 32.1. The third kappa shape index (κ3) is 3.69. The first kappa shape index (κ1) is 19.8. The molecule has 2 aromatic carbocycles. The van der Waals surface area contributed by atoms with E-state index in [0.29, 0.717) is 32.3 Å². The molecule has 0 aliphatic carbocycles. The Labute approximate surface area is 184 Å². The second-order valence-corrected chi connectivity index (χ2v) is 7.85. The monoisotopic (exact) mass is 447 g/mol. The number of benzene rings is 2. The van der Waals surface area contributed by atoms with E-state index in [9.17, 15) is 14.0 Å². The maximum absolute atomic E-state index is 13.1. The maximum atomic E-state index is 13.1. The molecular weight excluding hydrogens is 433 g/mol. The van der Waals surface area contributed by atoms with Crippen molar-refractivity contribution in [3.05, 3.63) is 87.1 Å². The van der Waals surface area contributed by atoms with Gasteiger partial charge in [-0.3, -0.25) is 9.59 Å². The van der Waals surface area contributed by atoms with Gasteiger partial charge in [0.15, 0.2) is 5.82 Å². The second kappa shape index (κ2) is 7.86. The quantitative estimate of drug-likeness (QED) is 0.309. The van der Waals surface area contributed by atoms with Gasteiger partial charge in [-0.15, -0.1) is 5.10 Å². The SMILES string of the molecule is CC(=O)Oc1ccccc1-c1nc2sc(=Cc3ccc(-c4ccc(F)cc4)o3)c(=O)n2n1. The molecule has 0 atom stereocenters. The van der Waals surface area contributed by atoms with Gasteiger partial charge in [0, 0.05) is 18.6 Å². The number of esters is 1. The molecule has 5 rings (SSSR count). The Hall–Kier alpha value is -4.11. The van der Waals surface area contributed by atoms with E-state index in [4.69, 9.17) is 9.15 Å². The van der Waals surface area contributed by atoms with Crippen LogP contribution in [0.2, 0.25) is 0 Å². The highest BCUT2D eigenvalue weighted by molar-refractivity contribution is 7.15. The van der Waals surface area contributed by atoms with Crippen molar-refractivity contribution in [2.24, 2.45) is 0 Å². The molecule has 7 nitrogen and oxygen atoms in total. The summed E-state index contributed by atoms with van der Waals surface area (Å²) in [6.07, 6.45) is 1.61. The van der Waals surface area contributed by atoms with Crippen LogP contribution in [0.3, 0.4) is 0 Å². The van der Waals surface area contributed by atoms with Crippen LogP contribution in [0.4, 0.5) is 4.39 Å². The normalized spacial score (nSPS) is 11.9. The molecule has 3 aromatic heterocycles. The standard InChI is InChI=1S/C23H14FN3O4S/c1-13(28)30-19-5-3-2-4-17(19)21-25-23-27(26-21)22(29)20(32-23)12-16-10-11-18(31-16)14-6-8-15(24)9-7-14/h2-12H,1H3. The predicted molar refractivity (Wildman–Crippen MR) is 117 cm³/mol. The van der Waals surface area contributed by atoms with Crippen molar-refractivity contribution < 1.29 is 18.3 Å². The fourth-order valence-electron chi connectivity index (χ4n) is 3.17. The minimum absolute atomic E-state index is 0.286. The Morgan fingerprint density at radius 3 is 2.66 bits per heavy atom. The maximum Gasteiger partial charge on any atom is 0.308 e. The van der Waals surface area contributed by atoms with Crippen LogP contribution in [-0.4, -0.2) is 20.6 Å². The first-order valence-electron chi connectivity index (χ1n) is 9.53. The topological polar surface area (TPSA) is 86.7 Å². The minimum Gasteiger partial charge on any atom is -0.457 e. The number of fused-ring (bicyclic) bond motifs is 1. The molecule has 0 radical (unpaired) electrons. The van der Waals surface area contributed by atoms with E-state index in [-0.39, 0.29) is 17.2 Å². The summed E-state index contributed by atoms with van der Waals surface area (Å²) in [6.45, 7) is 1.31. The van der Waals surface area contributed by atoms with Crippen LogP contribution < -0.4 is 14.8 Å². The molecule has 9 heteroatoms. The first-order valence-corrected chi connectivity index (χ1v) is 10.3. The van der Waals surface area contributed by atoms with Gasteiger partial charge in [-0.25, -0.2) is 4.39 Å². The Morgan fingerprint density at radius 2 is 1.91 bits per heavy atom. The third-order valence-electron chi connectivity index (χ3n) is 4.59. The zero-order valence-electron chi connectivity index (χ0n) is 16.6. The number of para-hydroxylation sites is 1. The van der Waals surface area contributed by atoms with Crippen molar-refractivity contribution in [2.45, 2.75) is 6.92 Å². The number of carbonyl (C=O) groups is 1.